The summed E-state index contributed by atoms with van der Waals surface area (Å²) in [6.07, 6.45) is -0.485. The van der Waals surface area contributed by atoms with Gasteiger partial charge < -0.3 is 19.9 Å². The largest absolute Gasteiger partial charge is 0.444 e. The number of nitrogens with one attached hydrogen (secondary N) is 1. The van der Waals surface area contributed by atoms with Crippen LogP contribution >= 0.6 is 0 Å². The molecule has 1 aromatic rings. The number of amides is 1. The summed E-state index contributed by atoms with van der Waals surface area (Å²) < 4.78 is 11.2. The van der Waals surface area contributed by atoms with Crippen molar-refractivity contribution in [2.75, 3.05) is 26.4 Å². The smallest absolute Gasteiger partial charge is 0.407 e. The lowest BCUT2D eigenvalue weighted by Crippen LogP contribution is -2.68. The van der Waals surface area contributed by atoms with Gasteiger partial charge in [0.2, 0.25) is 0 Å². The van der Waals surface area contributed by atoms with Crippen LogP contribution in [0, 0.1) is 5.92 Å². The Morgan fingerprint density at radius 3 is 2.59 bits per heavy atom. The van der Waals surface area contributed by atoms with E-state index < -0.39 is 17.2 Å². The Morgan fingerprint density at radius 1 is 1.37 bits per heavy atom. The summed E-state index contributed by atoms with van der Waals surface area (Å²) >= 11 is 0. The normalized spacial score (nSPS) is 24.0. The number of morpholine rings is 1. The highest BCUT2D eigenvalue weighted by Gasteiger charge is 2.45. The van der Waals surface area contributed by atoms with Crippen LogP contribution in [-0.4, -0.2) is 59.6 Å². The quantitative estimate of drug-likeness (QED) is 0.796. The fraction of sp³-hybridized carbons (Fsp3) is 0.667. The topological polar surface area (TPSA) is 71.0 Å². The molecule has 1 heterocycles. The molecule has 0 saturated carbocycles. The molecular formula is C21H34N2O4. The summed E-state index contributed by atoms with van der Waals surface area (Å²) in [5, 5.41) is 13.2. The molecule has 1 aromatic carbocycles. The van der Waals surface area contributed by atoms with Gasteiger partial charge in [0.25, 0.3) is 0 Å². The average Bonchev–Trinajstić information content (AvgIpc) is 2.60. The molecule has 0 radical (unpaired) electrons. The van der Waals surface area contributed by atoms with Gasteiger partial charge in [0, 0.05) is 19.1 Å². The lowest BCUT2D eigenvalue weighted by molar-refractivity contribution is -0.137. The van der Waals surface area contributed by atoms with Crippen LogP contribution in [0.2, 0.25) is 0 Å². The second-order valence-corrected chi connectivity index (χ2v) is 8.68. The molecule has 0 aromatic heterocycles. The standard InChI is InChI=1S/C21H34N2O4/c1-16(2)18-12-26-15-21(14-24,13-22-19(25)27-20(3,4)5)23(18)11-17-9-7-6-8-10-17/h6-10,16,18,24H,11-15H2,1-5H3,(H,22,25)/t18-,21-/m1/s1. The maximum Gasteiger partial charge on any atom is 0.407 e. The van der Waals surface area contributed by atoms with Gasteiger partial charge in [0.1, 0.15) is 5.60 Å². The zero-order valence-electron chi connectivity index (χ0n) is 17.2. The number of rotatable bonds is 6. The lowest BCUT2D eigenvalue weighted by atomic mass is 9.89. The zero-order valence-corrected chi connectivity index (χ0v) is 17.2. The van der Waals surface area contributed by atoms with Crippen molar-refractivity contribution < 1.29 is 19.4 Å². The molecule has 1 aliphatic rings. The van der Waals surface area contributed by atoms with E-state index in [0.717, 1.165) is 0 Å². The summed E-state index contributed by atoms with van der Waals surface area (Å²) in [7, 11) is 0. The molecule has 27 heavy (non-hydrogen) atoms. The van der Waals surface area contributed by atoms with Crippen LogP contribution in [0.5, 0.6) is 0 Å². The Morgan fingerprint density at radius 2 is 2.04 bits per heavy atom. The maximum atomic E-state index is 12.2. The van der Waals surface area contributed by atoms with E-state index in [1.807, 2.05) is 39.0 Å². The first-order valence-electron chi connectivity index (χ1n) is 9.63. The molecule has 152 valence electrons. The highest BCUT2D eigenvalue weighted by molar-refractivity contribution is 5.67. The van der Waals surface area contributed by atoms with Crippen molar-refractivity contribution in [1.29, 1.82) is 0 Å². The SMILES string of the molecule is CC(C)[C@H]1COC[C@](CO)(CNC(=O)OC(C)(C)C)N1Cc1ccccc1. The number of hydrogen-bond donors (Lipinski definition) is 2. The molecule has 6 heteroatoms. The molecule has 1 amide bonds. The highest BCUT2D eigenvalue weighted by atomic mass is 16.6. The van der Waals surface area contributed by atoms with E-state index in [0.29, 0.717) is 25.7 Å². The second kappa shape index (κ2) is 9.04. The Balaban J connectivity index is 2.21. The molecule has 1 aliphatic heterocycles. The second-order valence-electron chi connectivity index (χ2n) is 8.68. The minimum Gasteiger partial charge on any atom is -0.444 e. The summed E-state index contributed by atoms with van der Waals surface area (Å²) in [6.45, 7) is 11.6. The fourth-order valence-corrected chi connectivity index (χ4v) is 3.41. The van der Waals surface area contributed by atoms with Gasteiger partial charge in [-0.25, -0.2) is 4.79 Å². The van der Waals surface area contributed by atoms with Crippen LogP contribution in [0.25, 0.3) is 0 Å². The predicted molar refractivity (Wildman–Crippen MR) is 105 cm³/mol. The number of carbonyl (C=O) groups excluding carboxylic acids is 1. The van der Waals surface area contributed by atoms with Crippen molar-refractivity contribution in [3.8, 4) is 0 Å². The van der Waals surface area contributed by atoms with E-state index in [1.165, 1.54) is 5.56 Å². The predicted octanol–water partition coefficient (Wildman–Crippen LogP) is 2.80. The zero-order chi connectivity index (χ0) is 20.1. The number of nitrogens with zero attached hydrogens (tertiary/aromatic N) is 1. The summed E-state index contributed by atoms with van der Waals surface area (Å²) in [6, 6.07) is 10.3. The van der Waals surface area contributed by atoms with Crippen molar-refractivity contribution in [2.24, 2.45) is 5.92 Å². The highest BCUT2D eigenvalue weighted by Crippen LogP contribution is 2.30. The Bertz CT molecular complexity index is 600. The molecule has 0 aliphatic carbocycles. The van der Waals surface area contributed by atoms with Crippen LogP contribution in [0.15, 0.2) is 30.3 Å². The minimum atomic E-state index is -0.695. The number of carbonyl (C=O) groups is 1. The van der Waals surface area contributed by atoms with Crippen molar-refractivity contribution >= 4 is 6.09 Å². The number of hydrogen-bond acceptors (Lipinski definition) is 5. The first kappa shape index (κ1) is 21.7. The van der Waals surface area contributed by atoms with Crippen LogP contribution in [0.1, 0.15) is 40.2 Å². The van der Waals surface area contributed by atoms with Gasteiger partial charge in [-0.15, -0.1) is 0 Å². The third kappa shape index (κ3) is 5.92. The number of alkyl carbamates (subject to hydrolysis) is 1. The van der Waals surface area contributed by atoms with E-state index in [4.69, 9.17) is 9.47 Å². The molecular weight excluding hydrogens is 344 g/mol. The number of aliphatic hydroxyl groups is 1. The third-order valence-electron chi connectivity index (χ3n) is 4.89. The Kier molecular flexibility index (Phi) is 7.25. The monoisotopic (exact) mass is 378 g/mol. The Labute approximate surface area is 162 Å². The van der Waals surface area contributed by atoms with Crippen molar-refractivity contribution in [3.63, 3.8) is 0 Å². The van der Waals surface area contributed by atoms with Gasteiger partial charge in [-0.2, -0.15) is 0 Å². The van der Waals surface area contributed by atoms with Crippen LogP contribution in [0.4, 0.5) is 4.79 Å². The van der Waals surface area contributed by atoms with Crippen LogP contribution < -0.4 is 5.32 Å². The average molecular weight is 379 g/mol. The van der Waals surface area contributed by atoms with E-state index in [2.05, 4.69) is 36.2 Å². The van der Waals surface area contributed by atoms with Gasteiger partial charge in [-0.3, -0.25) is 4.90 Å². The van der Waals surface area contributed by atoms with Gasteiger partial charge >= 0.3 is 6.09 Å². The first-order chi connectivity index (χ1) is 12.7. The number of benzene rings is 1. The molecule has 0 spiro atoms. The van der Waals surface area contributed by atoms with E-state index >= 15 is 0 Å². The molecule has 1 fully saturated rings. The summed E-state index contributed by atoms with van der Waals surface area (Å²) in [4.78, 5) is 14.5. The molecule has 2 N–H and O–H groups in total. The van der Waals surface area contributed by atoms with Gasteiger partial charge in [-0.1, -0.05) is 44.2 Å². The summed E-state index contributed by atoms with van der Waals surface area (Å²) in [5.41, 5.74) is -0.0935. The third-order valence-corrected chi connectivity index (χ3v) is 4.89. The molecule has 0 unspecified atom stereocenters. The van der Waals surface area contributed by atoms with Crippen molar-refractivity contribution in [3.05, 3.63) is 35.9 Å². The van der Waals surface area contributed by atoms with E-state index in [-0.39, 0.29) is 19.2 Å². The minimum absolute atomic E-state index is 0.112. The molecule has 2 atom stereocenters. The van der Waals surface area contributed by atoms with Crippen LogP contribution in [0.3, 0.4) is 0 Å². The van der Waals surface area contributed by atoms with Gasteiger partial charge in [-0.05, 0) is 32.3 Å². The van der Waals surface area contributed by atoms with E-state index in [1.54, 1.807) is 0 Å². The molecule has 6 nitrogen and oxygen atoms in total. The Hall–Kier alpha value is -1.63. The van der Waals surface area contributed by atoms with Gasteiger partial charge in [0.05, 0.1) is 25.4 Å². The molecule has 0 bridgehead atoms. The maximum absolute atomic E-state index is 12.2. The van der Waals surface area contributed by atoms with Crippen LogP contribution in [-0.2, 0) is 16.0 Å². The van der Waals surface area contributed by atoms with Gasteiger partial charge in [0.15, 0.2) is 0 Å². The number of aliphatic hydroxyl groups excluding tert-OH is 1. The molecule has 2 rings (SSSR count). The number of ether oxygens (including phenoxy) is 2. The lowest BCUT2D eigenvalue weighted by Gasteiger charge is -2.51. The fourth-order valence-electron chi connectivity index (χ4n) is 3.41. The van der Waals surface area contributed by atoms with E-state index in [9.17, 15) is 9.90 Å². The van der Waals surface area contributed by atoms with Crippen molar-refractivity contribution in [1.82, 2.24) is 10.2 Å². The molecule has 1 saturated heterocycles. The van der Waals surface area contributed by atoms with Crippen molar-refractivity contribution in [2.45, 2.75) is 58.3 Å². The first-order valence-corrected chi connectivity index (χ1v) is 9.63. The summed E-state index contributed by atoms with van der Waals surface area (Å²) in [5.74, 6) is 0.349.